The molecule has 22 nitrogen and oxygen atoms in total. The molecule has 0 aromatic carbocycles. The van der Waals surface area contributed by atoms with E-state index in [1.807, 2.05) is 23.6 Å². The molecule has 22 heteroatoms. The molecule has 0 aromatic rings. The van der Waals surface area contributed by atoms with Gasteiger partial charge >= 0.3 is 47.8 Å². The highest BCUT2D eigenvalue weighted by atomic mass is 16.4. The number of carboxylic acids is 8. The van der Waals surface area contributed by atoms with Gasteiger partial charge in [0, 0.05) is 64.4 Å². The van der Waals surface area contributed by atoms with Crippen LogP contribution in [0.1, 0.15) is 39.5 Å². The minimum Gasteiger partial charge on any atom is -0.480 e. The van der Waals surface area contributed by atoms with E-state index >= 15 is 0 Å². The summed E-state index contributed by atoms with van der Waals surface area (Å²) in [5.74, 6) is -9.77. The van der Waals surface area contributed by atoms with Crippen molar-refractivity contribution in [2.75, 3.05) is 105 Å². The number of carboxylic acid groups (broad SMARTS) is 8. The second-order valence-electron chi connectivity index (χ2n) is 13.0. The zero-order valence-corrected chi connectivity index (χ0v) is 30.8. The van der Waals surface area contributed by atoms with Crippen LogP contribution in [0.5, 0.6) is 0 Å². The molecule has 0 aliphatic carbocycles. The molecule has 0 radical (unpaired) electrons. The maximum absolute atomic E-state index is 11.3. The molecule has 0 spiro atoms. The summed E-state index contributed by atoms with van der Waals surface area (Å²) in [5, 5.41) is 73.9. The van der Waals surface area contributed by atoms with Crippen molar-refractivity contribution in [3.63, 3.8) is 0 Å². The Hall–Kier alpha value is -4.48. The van der Waals surface area contributed by atoms with Crippen LogP contribution in [0.3, 0.4) is 0 Å². The standard InChI is InChI=1S/C32H56N6O16/c1-23(37(11-7-33(15-25(39)40)16-26(41)42)12-8-34(17-27(43)44)18-28(45)46)5-3-4-6-24(2)38(13-9-35(19-29(47)48)20-30(49)50)14-10-36(21-31(51)52)22-32(53)54/h23-24H,3-22H2,1-2H3,(H,39,40)(H,41,42)(H,43,44)(H,45,46)(H,47,48)(H,49,50)(H,51,52)(H,53,54). The first-order valence-electron chi connectivity index (χ1n) is 17.3. The van der Waals surface area contributed by atoms with E-state index in [0.29, 0.717) is 25.7 Å². The van der Waals surface area contributed by atoms with Gasteiger partial charge in [-0.05, 0) is 26.7 Å². The van der Waals surface area contributed by atoms with E-state index in [1.54, 1.807) is 0 Å². The highest BCUT2D eigenvalue weighted by molar-refractivity contribution is 5.74. The Morgan fingerprint density at radius 2 is 0.500 bits per heavy atom. The Bertz CT molecular complexity index is 1000. The first kappa shape index (κ1) is 49.5. The van der Waals surface area contributed by atoms with Crippen LogP contribution in [0, 0.1) is 0 Å². The van der Waals surface area contributed by atoms with Crippen molar-refractivity contribution >= 4 is 47.8 Å². The molecule has 2 atom stereocenters. The maximum atomic E-state index is 11.3. The minimum absolute atomic E-state index is 0.0499. The van der Waals surface area contributed by atoms with Crippen LogP contribution in [-0.2, 0) is 38.4 Å². The van der Waals surface area contributed by atoms with Crippen LogP contribution < -0.4 is 0 Å². The average Bonchev–Trinajstić information content (AvgIpc) is 3.00. The number of rotatable bonds is 35. The average molecular weight is 781 g/mol. The smallest absolute Gasteiger partial charge is 0.317 e. The van der Waals surface area contributed by atoms with E-state index in [4.69, 9.17) is 0 Å². The van der Waals surface area contributed by atoms with Gasteiger partial charge in [-0.3, -0.25) is 67.8 Å². The third kappa shape index (κ3) is 26.3. The summed E-state index contributed by atoms with van der Waals surface area (Å²) in [6.45, 7) is 0.557. The lowest BCUT2D eigenvalue weighted by Gasteiger charge is -2.34. The summed E-state index contributed by atoms with van der Waals surface area (Å²) in [6.07, 6.45) is 2.45. The number of hydrogen-bond donors (Lipinski definition) is 8. The molecule has 2 unspecified atom stereocenters. The number of unbranched alkanes of at least 4 members (excludes halogenated alkanes) is 1. The van der Waals surface area contributed by atoms with E-state index < -0.39 is 100 Å². The van der Waals surface area contributed by atoms with E-state index in [1.165, 1.54) is 19.6 Å². The van der Waals surface area contributed by atoms with Gasteiger partial charge in [0.1, 0.15) is 0 Å². The van der Waals surface area contributed by atoms with Crippen molar-refractivity contribution in [3.8, 4) is 0 Å². The molecule has 0 bridgehead atoms. The molecule has 0 aromatic heterocycles. The zero-order chi connectivity index (χ0) is 41.4. The summed E-state index contributed by atoms with van der Waals surface area (Å²) in [4.78, 5) is 99.3. The van der Waals surface area contributed by atoms with Crippen LogP contribution in [0.2, 0.25) is 0 Å². The Balaban J connectivity index is 5.80. The second-order valence-corrected chi connectivity index (χ2v) is 13.0. The van der Waals surface area contributed by atoms with Gasteiger partial charge in [-0.2, -0.15) is 0 Å². The molecular weight excluding hydrogens is 724 g/mol. The highest BCUT2D eigenvalue weighted by Gasteiger charge is 2.23. The maximum Gasteiger partial charge on any atom is 0.317 e. The fourth-order valence-corrected chi connectivity index (χ4v) is 5.82. The van der Waals surface area contributed by atoms with Crippen LogP contribution in [-0.4, -0.2) is 235 Å². The van der Waals surface area contributed by atoms with Gasteiger partial charge in [0.05, 0.1) is 52.4 Å². The van der Waals surface area contributed by atoms with Crippen molar-refractivity contribution in [2.24, 2.45) is 0 Å². The summed E-state index contributed by atoms with van der Waals surface area (Å²) < 4.78 is 0. The summed E-state index contributed by atoms with van der Waals surface area (Å²) in [7, 11) is 0. The molecule has 0 aliphatic heterocycles. The van der Waals surface area contributed by atoms with E-state index in [0.717, 1.165) is 0 Å². The Kier molecular flexibility index (Phi) is 24.9. The molecule has 0 fully saturated rings. The van der Waals surface area contributed by atoms with Gasteiger partial charge in [0.2, 0.25) is 0 Å². The molecule has 0 amide bonds. The SMILES string of the molecule is CC(CCCCC(C)N(CCN(CC(=O)O)CC(=O)O)CCN(CC(=O)O)CC(=O)O)N(CCN(CC(=O)O)CC(=O)O)CCN(CC(=O)O)CC(=O)O. The molecule has 310 valence electrons. The predicted octanol–water partition coefficient (Wildman–Crippen LogP) is -2.19. The van der Waals surface area contributed by atoms with Gasteiger partial charge in [-0.15, -0.1) is 0 Å². The van der Waals surface area contributed by atoms with Gasteiger partial charge < -0.3 is 40.9 Å². The van der Waals surface area contributed by atoms with Gasteiger partial charge in [-0.25, -0.2) is 0 Å². The molecular formula is C32H56N6O16. The Morgan fingerprint density at radius 3 is 0.648 bits per heavy atom. The number of nitrogens with zero attached hydrogens (tertiary/aromatic N) is 6. The van der Waals surface area contributed by atoms with Crippen molar-refractivity contribution in [2.45, 2.75) is 51.6 Å². The van der Waals surface area contributed by atoms with E-state index in [9.17, 15) is 79.2 Å². The Morgan fingerprint density at radius 1 is 0.333 bits per heavy atom. The molecule has 0 heterocycles. The van der Waals surface area contributed by atoms with Gasteiger partial charge in [-0.1, -0.05) is 12.8 Å². The lowest BCUT2D eigenvalue weighted by atomic mass is 10.0. The summed E-state index contributed by atoms with van der Waals surface area (Å²) in [5.41, 5.74) is 0. The topological polar surface area (TPSA) is 318 Å². The molecule has 0 saturated heterocycles. The largest absolute Gasteiger partial charge is 0.480 e. The third-order valence-corrected chi connectivity index (χ3v) is 8.43. The molecule has 0 saturated carbocycles. The van der Waals surface area contributed by atoms with Crippen molar-refractivity contribution in [1.29, 1.82) is 0 Å². The fourth-order valence-electron chi connectivity index (χ4n) is 5.82. The second kappa shape index (κ2) is 27.2. The van der Waals surface area contributed by atoms with Gasteiger partial charge in [0.25, 0.3) is 0 Å². The fraction of sp³-hybridized carbons (Fsp3) is 0.750. The summed E-state index contributed by atoms with van der Waals surface area (Å²) >= 11 is 0. The van der Waals surface area contributed by atoms with Crippen molar-refractivity contribution < 1.29 is 79.2 Å². The first-order chi connectivity index (χ1) is 25.2. The lowest BCUT2D eigenvalue weighted by Crippen LogP contribution is -2.47. The van der Waals surface area contributed by atoms with Crippen LogP contribution in [0.4, 0.5) is 0 Å². The predicted molar refractivity (Wildman–Crippen MR) is 187 cm³/mol. The molecule has 54 heavy (non-hydrogen) atoms. The molecule has 0 rings (SSSR count). The Labute approximate surface area is 312 Å². The lowest BCUT2D eigenvalue weighted by molar-refractivity contribution is -0.144. The minimum atomic E-state index is -1.22. The number of hydrogen-bond acceptors (Lipinski definition) is 14. The molecule has 8 N–H and O–H groups in total. The first-order valence-corrected chi connectivity index (χ1v) is 17.3. The normalized spacial score (nSPS) is 12.8. The van der Waals surface area contributed by atoms with Gasteiger partial charge in [0.15, 0.2) is 0 Å². The van der Waals surface area contributed by atoms with Crippen molar-refractivity contribution in [1.82, 2.24) is 29.4 Å². The quantitative estimate of drug-likeness (QED) is 0.0317. The van der Waals surface area contributed by atoms with E-state index in [2.05, 4.69) is 0 Å². The number of aliphatic carboxylic acids is 8. The molecule has 0 aliphatic rings. The zero-order valence-electron chi connectivity index (χ0n) is 30.8. The van der Waals surface area contributed by atoms with Crippen LogP contribution >= 0.6 is 0 Å². The number of carbonyl (C=O) groups is 8. The van der Waals surface area contributed by atoms with Crippen LogP contribution in [0.25, 0.3) is 0 Å². The third-order valence-electron chi connectivity index (χ3n) is 8.43. The van der Waals surface area contributed by atoms with Crippen molar-refractivity contribution in [3.05, 3.63) is 0 Å². The van der Waals surface area contributed by atoms with Crippen LogP contribution in [0.15, 0.2) is 0 Å². The highest BCUT2D eigenvalue weighted by Crippen LogP contribution is 2.15. The monoisotopic (exact) mass is 780 g/mol. The van der Waals surface area contributed by atoms with E-state index in [-0.39, 0.29) is 64.4 Å². The summed E-state index contributed by atoms with van der Waals surface area (Å²) in [6, 6.07) is -0.378.